The number of hydrogen-bond donors (Lipinski definition) is 0. The standard InChI is InChI=1S/C11H15S/c1-3-4-9-12-11-7-5-10(2)6-8-11/h5-9H,3-4H2,1-2H3/q+1. The van der Waals surface area contributed by atoms with E-state index in [2.05, 4.69) is 43.5 Å². The maximum absolute atomic E-state index is 2.27. The lowest BCUT2D eigenvalue weighted by atomic mass is 10.2. The molecule has 0 aliphatic heterocycles. The molecule has 0 saturated heterocycles. The zero-order chi connectivity index (χ0) is 8.81. The number of unbranched alkanes of at least 4 members (excludes halogenated alkanes) is 1. The van der Waals surface area contributed by atoms with E-state index in [4.69, 9.17) is 0 Å². The minimum atomic E-state index is 1.19. The van der Waals surface area contributed by atoms with Gasteiger partial charge in [-0.2, -0.15) is 0 Å². The van der Waals surface area contributed by atoms with Crippen LogP contribution in [0.4, 0.5) is 0 Å². The van der Waals surface area contributed by atoms with Crippen molar-refractivity contribution in [1.82, 2.24) is 0 Å². The van der Waals surface area contributed by atoms with E-state index in [1.165, 1.54) is 23.3 Å². The molecule has 0 nitrogen and oxygen atoms in total. The smallest absolute Gasteiger partial charge is 0.0649 e. The lowest BCUT2D eigenvalue weighted by molar-refractivity contribution is 1.02. The van der Waals surface area contributed by atoms with Crippen LogP contribution in [0, 0.1) is 6.92 Å². The Labute approximate surface area is 78.6 Å². The van der Waals surface area contributed by atoms with Crippen molar-refractivity contribution >= 4 is 16.7 Å². The second-order valence-electron chi connectivity index (χ2n) is 2.89. The van der Waals surface area contributed by atoms with Crippen molar-refractivity contribution in [3.8, 4) is 0 Å². The van der Waals surface area contributed by atoms with Crippen molar-refractivity contribution < 1.29 is 0 Å². The molecule has 0 N–H and O–H groups in total. The van der Waals surface area contributed by atoms with E-state index in [-0.39, 0.29) is 0 Å². The lowest BCUT2D eigenvalue weighted by Gasteiger charge is -1.84. The number of aryl methyl sites for hydroxylation is 1. The summed E-state index contributed by atoms with van der Waals surface area (Å²) in [4.78, 5) is 1.34. The van der Waals surface area contributed by atoms with Crippen LogP contribution in [-0.2, 0) is 11.4 Å². The molecule has 0 unspecified atom stereocenters. The van der Waals surface area contributed by atoms with Gasteiger partial charge in [0.05, 0.1) is 0 Å². The Morgan fingerprint density at radius 1 is 1.25 bits per heavy atom. The van der Waals surface area contributed by atoms with Crippen molar-refractivity contribution in [2.75, 3.05) is 0 Å². The zero-order valence-corrected chi connectivity index (χ0v) is 8.53. The highest BCUT2D eigenvalue weighted by atomic mass is 32.1. The SMILES string of the molecule is CCCC=[S+]c1ccc(C)cc1. The number of rotatable bonds is 3. The monoisotopic (exact) mass is 179 g/mol. The first kappa shape index (κ1) is 9.40. The van der Waals surface area contributed by atoms with Crippen LogP contribution in [0.5, 0.6) is 0 Å². The third-order valence-corrected chi connectivity index (χ3v) is 2.59. The van der Waals surface area contributed by atoms with Gasteiger partial charge in [-0.25, -0.2) is 0 Å². The van der Waals surface area contributed by atoms with Crippen LogP contribution in [0.1, 0.15) is 25.3 Å². The van der Waals surface area contributed by atoms with E-state index in [1.807, 2.05) is 11.4 Å². The van der Waals surface area contributed by atoms with Gasteiger partial charge in [0, 0.05) is 18.6 Å². The maximum Gasteiger partial charge on any atom is 0.230 e. The lowest BCUT2D eigenvalue weighted by Crippen LogP contribution is -1.79. The molecule has 0 aliphatic carbocycles. The highest BCUT2D eigenvalue weighted by molar-refractivity contribution is 7.77. The van der Waals surface area contributed by atoms with Crippen LogP contribution < -0.4 is 0 Å². The topological polar surface area (TPSA) is 0 Å². The predicted molar refractivity (Wildman–Crippen MR) is 57.8 cm³/mol. The minimum absolute atomic E-state index is 1.19. The van der Waals surface area contributed by atoms with Gasteiger partial charge in [0.15, 0.2) is 5.37 Å². The Kier molecular flexibility index (Phi) is 3.95. The summed E-state index contributed by atoms with van der Waals surface area (Å²) in [5, 5.41) is 2.27. The third kappa shape index (κ3) is 3.14. The van der Waals surface area contributed by atoms with Crippen molar-refractivity contribution in [3.05, 3.63) is 29.8 Å². The highest BCUT2D eigenvalue weighted by Crippen LogP contribution is 2.02. The maximum atomic E-state index is 2.27. The van der Waals surface area contributed by atoms with E-state index in [0.29, 0.717) is 0 Å². The summed E-state index contributed by atoms with van der Waals surface area (Å²) in [6.07, 6.45) is 2.43. The molecule has 0 aliphatic rings. The first-order chi connectivity index (χ1) is 5.83. The van der Waals surface area contributed by atoms with Crippen LogP contribution in [0.3, 0.4) is 0 Å². The molecule has 0 heterocycles. The number of benzene rings is 1. The summed E-state index contributed by atoms with van der Waals surface area (Å²) in [7, 11) is 0. The molecule has 0 saturated carbocycles. The molecule has 0 radical (unpaired) electrons. The molecule has 1 heteroatoms. The quantitative estimate of drug-likeness (QED) is 0.494. The van der Waals surface area contributed by atoms with Crippen molar-refractivity contribution in [2.45, 2.75) is 31.6 Å². The molecular weight excluding hydrogens is 164 g/mol. The van der Waals surface area contributed by atoms with Gasteiger partial charge >= 0.3 is 0 Å². The molecule has 0 atom stereocenters. The Morgan fingerprint density at radius 3 is 2.50 bits per heavy atom. The summed E-state index contributed by atoms with van der Waals surface area (Å²) >= 11 is 1.83. The molecule has 0 spiro atoms. The Balaban J connectivity index is 2.58. The van der Waals surface area contributed by atoms with E-state index < -0.39 is 0 Å². The molecule has 1 aromatic carbocycles. The molecule has 1 rings (SSSR count). The summed E-state index contributed by atoms with van der Waals surface area (Å²) < 4.78 is 0. The average molecular weight is 179 g/mol. The summed E-state index contributed by atoms with van der Waals surface area (Å²) in [6, 6.07) is 8.66. The van der Waals surface area contributed by atoms with Gasteiger partial charge in [-0.15, -0.1) is 0 Å². The molecule has 0 amide bonds. The van der Waals surface area contributed by atoms with E-state index in [9.17, 15) is 0 Å². The molecule has 0 aromatic heterocycles. The first-order valence-corrected chi connectivity index (χ1v) is 5.26. The largest absolute Gasteiger partial charge is 0.230 e. The van der Waals surface area contributed by atoms with Crippen LogP contribution in [0.15, 0.2) is 29.2 Å². The Morgan fingerprint density at radius 2 is 1.92 bits per heavy atom. The van der Waals surface area contributed by atoms with Gasteiger partial charge in [0.2, 0.25) is 16.2 Å². The molecule has 0 bridgehead atoms. The van der Waals surface area contributed by atoms with Gasteiger partial charge in [-0.3, -0.25) is 0 Å². The summed E-state index contributed by atoms with van der Waals surface area (Å²) in [5.74, 6) is 0. The highest BCUT2D eigenvalue weighted by Gasteiger charge is 1.98. The van der Waals surface area contributed by atoms with Crippen molar-refractivity contribution in [1.29, 1.82) is 0 Å². The van der Waals surface area contributed by atoms with E-state index in [0.717, 1.165) is 0 Å². The van der Waals surface area contributed by atoms with Gasteiger partial charge in [0.25, 0.3) is 0 Å². The number of hydrogen-bond acceptors (Lipinski definition) is 0. The van der Waals surface area contributed by atoms with Crippen molar-refractivity contribution in [2.24, 2.45) is 0 Å². The Hall–Kier alpha value is -0.690. The second-order valence-corrected chi connectivity index (χ2v) is 3.93. The van der Waals surface area contributed by atoms with Gasteiger partial charge in [0.1, 0.15) is 0 Å². The first-order valence-electron chi connectivity index (χ1n) is 4.38. The van der Waals surface area contributed by atoms with Crippen LogP contribution in [0.25, 0.3) is 0 Å². The molecule has 64 valence electrons. The molecular formula is C11H15S+. The fraction of sp³-hybridized carbons (Fsp3) is 0.364. The van der Waals surface area contributed by atoms with E-state index >= 15 is 0 Å². The van der Waals surface area contributed by atoms with Gasteiger partial charge in [-0.1, -0.05) is 24.6 Å². The molecule has 0 fully saturated rings. The van der Waals surface area contributed by atoms with Crippen LogP contribution in [-0.4, -0.2) is 5.37 Å². The fourth-order valence-electron chi connectivity index (χ4n) is 0.890. The van der Waals surface area contributed by atoms with E-state index in [1.54, 1.807) is 0 Å². The molecule has 1 aromatic rings. The summed E-state index contributed by atoms with van der Waals surface area (Å²) in [6.45, 7) is 4.32. The van der Waals surface area contributed by atoms with Gasteiger partial charge < -0.3 is 0 Å². The van der Waals surface area contributed by atoms with Gasteiger partial charge in [-0.05, 0) is 13.3 Å². The second kappa shape index (κ2) is 5.04. The zero-order valence-electron chi connectivity index (χ0n) is 7.71. The minimum Gasteiger partial charge on any atom is -0.0649 e. The molecule has 12 heavy (non-hydrogen) atoms. The van der Waals surface area contributed by atoms with Crippen molar-refractivity contribution in [3.63, 3.8) is 0 Å². The Bertz CT molecular complexity index is 246. The summed E-state index contributed by atoms with van der Waals surface area (Å²) in [5.41, 5.74) is 1.33. The normalized spacial score (nSPS) is 10.8. The fourth-order valence-corrected chi connectivity index (χ4v) is 1.73. The average Bonchev–Trinajstić information content (AvgIpc) is 2.09. The predicted octanol–water partition coefficient (Wildman–Crippen LogP) is 3.04. The van der Waals surface area contributed by atoms with Crippen LogP contribution in [0.2, 0.25) is 0 Å². The third-order valence-electron chi connectivity index (χ3n) is 1.65. The van der Waals surface area contributed by atoms with Crippen LogP contribution >= 0.6 is 0 Å².